The van der Waals surface area contributed by atoms with E-state index in [1.807, 2.05) is 48.5 Å². The molecule has 4 aromatic rings. The highest BCUT2D eigenvalue weighted by Crippen LogP contribution is 2.50. The van der Waals surface area contributed by atoms with Gasteiger partial charge in [0, 0.05) is 84.8 Å². The van der Waals surface area contributed by atoms with Crippen molar-refractivity contribution in [3.63, 3.8) is 0 Å². The van der Waals surface area contributed by atoms with E-state index in [9.17, 15) is 0 Å². The van der Waals surface area contributed by atoms with Crippen LogP contribution in [0.5, 0.6) is 0 Å². The Morgan fingerprint density at radius 3 is 2.32 bits per heavy atom. The van der Waals surface area contributed by atoms with Gasteiger partial charge in [0.15, 0.2) is 5.71 Å². The fraction of sp³-hybridized carbons (Fsp3) is 0.205. The second kappa shape index (κ2) is 11.4. The lowest BCUT2D eigenvalue weighted by atomic mass is 9.73. The Balaban J connectivity index is 1.45. The van der Waals surface area contributed by atoms with Gasteiger partial charge in [-0.25, -0.2) is 8.78 Å². The average Bonchev–Trinajstić information content (AvgIpc) is 3.04. The minimum atomic E-state index is -0.535. The first-order chi connectivity index (χ1) is 21.4. The van der Waals surface area contributed by atoms with Crippen molar-refractivity contribution in [3.8, 4) is 0 Å². The molecule has 5 heteroatoms. The van der Waals surface area contributed by atoms with Gasteiger partial charge in [0.1, 0.15) is 18.2 Å². The Hall–Kier alpha value is -4.77. The lowest BCUT2D eigenvalue weighted by molar-refractivity contribution is -0.441. The van der Waals surface area contributed by atoms with E-state index < -0.39 is 11.6 Å². The summed E-state index contributed by atoms with van der Waals surface area (Å²) in [6.45, 7) is 9.60. The zero-order valence-electron chi connectivity index (χ0n) is 25.1. The normalized spacial score (nSPS) is 22.7. The molecule has 3 atom stereocenters. The highest BCUT2D eigenvalue weighted by Gasteiger charge is 2.44. The van der Waals surface area contributed by atoms with Crippen LogP contribution in [0.4, 0.5) is 20.2 Å². The van der Waals surface area contributed by atoms with Crippen molar-refractivity contribution in [1.82, 2.24) is 4.90 Å². The van der Waals surface area contributed by atoms with Gasteiger partial charge < -0.3 is 9.80 Å². The summed E-state index contributed by atoms with van der Waals surface area (Å²) in [4.78, 5) is 4.54. The number of fused-ring (bicyclic) bond motifs is 8. The van der Waals surface area contributed by atoms with Gasteiger partial charge in [0.2, 0.25) is 5.69 Å². The second-order valence-electron chi connectivity index (χ2n) is 12.0. The Morgan fingerprint density at radius 2 is 1.55 bits per heavy atom. The lowest BCUT2D eigenvalue weighted by Crippen LogP contribution is -2.46. The Morgan fingerprint density at radius 1 is 0.841 bits per heavy atom. The summed E-state index contributed by atoms with van der Waals surface area (Å²) in [6.07, 6.45) is 7.78. The first-order valence-electron chi connectivity index (χ1n) is 15.3. The third kappa shape index (κ3) is 4.86. The van der Waals surface area contributed by atoms with E-state index in [1.165, 1.54) is 0 Å². The predicted molar refractivity (Wildman–Crippen MR) is 175 cm³/mol. The summed E-state index contributed by atoms with van der Waals surface area (Å²) in [5, 5.41) is 0. The maximum absolute atomic E-state index is 16.0. The number of halogens is 2. The van der Waals surface area contributed by atoms with Crippen molar-refractivity contribution < 1.29 is 13.4 Å². The van der Waals surface area contributed by atoms with Gasteiger partial charge in [-0.1, -0.05) is 67.2 Å². The predicted octanol–water partition coefficient (Wildman–Crippen LogP) is 9.33. The fourth-order valence-electron chi connectivity index (χ4n) is 7.52. The molecule has 0 aromatic heterocycles. The zero-order chi connectivity index (χ0) is 30.4. The molecular formula is C39H36F2N3+. The number of para-hydroxylation sites is 2. The molecule has 3 aliphatic rings. The van der Waals surface area contributed by atoms with Crippen LogP contribution in [0.25, 0.3) is 6.08 Å². The molecule has 220 valence electrons. The SMILES string of the molecule is C=C1CC2C(CC[N+](c3ccccc3)=C(C)/C=C(/C)N1c1ccccc1)c1cc(F)cc(F)c1C1c3ccccc3C=CN12. The number of hydrogen-bond acceptors (Lipinski definition) is 2. The summed E-state index contributed by atoms with van der Waals surface area (Å²) in [7, 11) is 0. The second-order valence-corrected chi connectivity index (χ2v) is 12.0. The summed E-state index contributed by atoms with van der Waals surface area (Å²) in [6, 6.07) is 31.0. The Kier molecular flexibility index (Phi) is 7.25. The third-order valence-electron chi connectivity index (χ3n) is 9.36. The van der Waals surface area contributed by atoms with E-state index in [4.69, 9.17) is 0 Å². The summed E-state index contributed by atoms with van der Waals surface area (Å²) in [5.41, 5.74) is 8.63. The molecule has 0 radical (unpaired) electrons. The van der Waals surface area contributed by atoms with Gasteiger partial charge in [-0.05, 0) is 47.9 Å². The van der Waals surface area contributed by atoms with Crippen LogP contribution in [0.1, 0.15) is 60.9 Å². The summed E-state index contributed by atoms with van der Waals surface area (Å²) in [5.74, 6) is -1.17. The first kappa shape index (κ1) is 28.0. The molecule has 3 unspecified atom stereocenters. The van der Waals surface area contributed by atoms with Crippen molar-refractivity contribution in [2.24, 2.45) is 0 Å². The molecule has 0 aliphatic carbocycles. The molecule has 0 amide bonds. The minimum Gasteiger partial charge on any atom is -0.362 e. The van der Waals surface area contributed by atoms with Crippen LogP contribution in [-0.4, -0.2) is 27.8 Å². The van der Waals surface area contributed by atoms with Crippen LogP contribution >= 0.6 is 0 Å². The topological polar surface area (TPSA) is 9.49 Å². The van der Waals surface area contributed by atoms with Crippen LogP contribution in [0.15, 0.2) is 127 Å². The van der Waals surface area contributed by atoms with Crippen molar-refractivity contribution in [2.45, 2.75) is 44.7 Å². The van der Waals surface area contributed by atoms with Gasteiger partial charge in [-0.15, -0.1) is 0 Å². The number of nitrogens with zero attached hydrogens (tertiary/aromatic N) is 3. The largest absolute Gasteiger partial charge is 0.362 e. The molecule has 44 heavy (non-hydrogen) atoms. The molecule has 0 spiro atoms. The van der Waals surface area contributed by atoms with Crippen molar-refractivity contribution in [1.29, 1.82) is 0 Å². The van der Waals surface area contributed by atoms with Crippen LogP contribution in [0.2, 0.25) is 0 Å². The maximum atomic E-state index is 16.0. The van der Waals surface area contributed by atoms with Crippen LogP contribution in [0.3, 0.4) is 0 Å². The Labute approximate surface area is 258 Å². The zero-order valence-corrected chi connectivity index (χ0v) is 25.1. The molecule has 0 saturated carbocycles. The third-order valence-corrected chi connectivity index (χ3v) is 9.36. The van der Waals surface area contributed by atoms with E-state index in [-0.39, 0.29) is 18.0 Å². The molecule has 3 heterocycles. The molecule has 0 saturated heterocycles. The summed E-state index contributed by atoms with van der Waals surface area (Å²) < 4.78 is 33.5. The van der Waals surface area contributed by atoms with Gasteiger partial charge in [-0.3, -0.25) is 0 Å². The molecular weight excluding hydrogens is 548 g/mol. The number of allylic oxidation sites excluding steroid dienone is 2. The highest BCUT2D eigenvalue weighted by atomic mass is 19.1. The van der Waals surface area contributed by atoms with Crippen LogP contribution in [0, 0.1) is 11.6 Å². The van der Waals surface area contributed by atoms with Gasteiger partial charge in [-0.2, -0.15) is 4.58 Å². The lowest BCUT2D eigenvalue weighted by Gasteiger charge is -2.50. The monoisotopic (exact) mass is 584 g/mol. The summed E-state index contributed by atoms with van der Waals surface area (Å²) >= 11 is 0. The van der Waals surface area contributed by atoms with Crippen molar-refractivity contribution >= 4 is 23.2 Å². The molecule has 3 nitrogen and oxygen atoms in total. The van der Waals surface area contributed by atoms with E-state index >= 15 is 8.78 Å². The van der Waals surface area contributed by atoms with Gasteiger partial charge >= 0.3 is 0 Å². The number of anilines is 1. The van der Waals surface area contributed by atoms with Crippen molar-refractivity contribution in [2.75, 3.05) is 11.4 Å². The molecule has 0 fully saturated rings. The fourth-order valence-corrected chi connectivity index (χ4v) is 7.52. The van der Waals surface area contributed by atoms with Crippen molar-refractivity contribution in [3.05, 3.63) is 161 Å². The molecule has 0 bridgehead atoms. The standard InChI is InChI=1S/C39H36F2N3/c1-26-22-27(2)44(32-15-8-5-9-16-32)28(3)23-37-34(19-21-42(26)31-13-6-4-7-14-31)35-24-30(40)25-36(41)38(35)39-33-17-11-10-12-29(33)18-20-43(37)39/h4-18,20,22,24-25,34,37,39H,3,19,21,23H2,1-2H3/q+1. The number of benzene rings is 4. The molecule has 7 rings (SSSR count). The van der Waals surface area contributed by atoms with E-state index in [1.54, 1.807) is 6.07 Å². The molecule has 3 aliphatic heterocycles. The van der Waals surface area contributed by atoms with E-state index in [0.29, 0.717) is 24.9 Å². The number of rotatable bonds is 2. The van der Waals surface area contributed by atoms with Crippen LogP contribution in [-0.2, 0) is 0 Å². The van der Waals surface area contributed by atoms with Gasteiger partial charge in [0.25, 0.3) is 0 Å². The smallest absolute Gasteiger partial charge is 0.205 e. The van der Waals surface area contributed by atoms with Crippen LogP contribution < -0.4 is 4.90 Å². The van der Waals surface area contributed by atoms with Gasteiger partial charge in [0.05, 0.1) is 6.04 Å². The molecule has 0 N–H and O–H groups in total. The first-order valence-corrected chi connectivity index (χ1v) is 15.3. The van der Waals surface area contributed by atoms with E-state index in [0.717, 1.165) is 51.2 Å². The minimum absolute atomic E-state index is 0.0825. The maximum Gasteiger partial charge on any atom is 0.205 e. The highest BCUT2D eigenvalue weighted by molar-refractivity contribution is 5.90. The molecule has 4 aromatic carbocycles. The van der Waals surface area contributed by atoms with E-state index in [2.05, 4.69) is 89.6 Å². The average molecular weight is 585 g/mol. The Bertz CT molecular complexity index is 1820. The quantitative estimate of drug-likeness (QED) is 0.217. The number of hydrogen-bond donors (Lipinski definition) is 0.